The van der Waals surface area contributed by atoms with Crippen molar-refractivity contribution in [2.24, 2.45) is 0 Å². The highest BCUT2D eigenvalue weighted by atomic mass is 79.9. The van der Waals surface area contributed by atoms with Crippen LogP contribution in [0.5, 0.6) is 5.75 Å². The minimum atomic E-state index is -3.50. The lowest BCUT2D eigenvalue weighted by Crippen LogP contribution is -2.23. The number of hydrogen-bond donors (Lipinski definition) is 1. The molecule has 116 valence electrons. The van der Waals surface area contributed by atoms with Crippen molar-refractivity contribution in [3.05, 3.63) is 44.7 Å². The van der Waals surface area contributed by atoms with Crippen molar-refractivity contribution >= 4 is 53.2 Å². The average molecular weight is 465 g/mol. The third kappa shape index (κ3) is 5.41. The quantitative estimate of drug-likeness (QED) is 0.687. The van der Waals surface area contributed by atoms with Gasteiger partial charge in [-0.15, -0.1) is 11.3 Å². The van der Waals surface area contributed by atoms with Gasteiger partial charge in [0.1, 0.15) is 16.6 Å². The molecule has 8 heteroatoms. The second-order valence-electron chi connectivity index (χ2n) is 3.98. The fourth-order valence-electron chi connectivity index (χ4n) is 1.43. The van der Waals surface area contributed by atoms with E-state index < -0.39 is 10.0 Å². The predicted molar refractivity (Wildman–Crippen MR) is 94.6 cm³/mol. The molecule has 0 saturated heterocycles. The van der Waals surface area contributed by atoms with Crippen molar-refractivity contribution in [2.45, 2.75) is 4.21 Å². The minimum Gasteiger partial charge on any atom is -0.481 e. The molecule has 0 saturated carbocycles. The summed E-state index contributed by atoms with van der Waals surface area (Å²) in [7, 11) is -3.50. The van der Waals surface area contributed by atoms with E-state index in [0.717, 1.165) is 19.6 Å². The van der Waals surface area contributed by atoms with Crippen LogP contribution in [-0.2, 0) is 10.0 Å². The van der Waals surface area contributed by atoms with Gasteiger partial charge in [0.15, 0.2) is 0 Å². The summed E-state index contributed by atoms with van der Waals surface area (Å²) >= 11 is 7.73. The van der Waals surface area contributed by atoms with E-state index in [2.05, 4.69) is 48.4 Å². The van der Waals surface area contributed by atoms with Crippen LogP contribution in [0, 0.1) is 11.8 Å². The van der Waals surface area contributed by atoms with Gasteiger partial charge in [-0.1, -0.05) is 33.8 Å². The number of benzene rings is 1. The molecule has 0 aliphatic rings. The highest BCUT2D eigenvalue weighted by Crippen LogP contribution is 2.25. The molecular formula is C14H11Br2NO3S2. The van der Waals surface area contributed by atoms with Crippen LogP contribution in [0.15, 0.2) is 48.9 Å². The Morgan fingerprint density at radius 2 is 2.00 bits per heavy atom. The summed E-state index contributed by atoms with van der Waals surface area (Å²) in [5.41, 5.74) is 0. The van der Waals surface area contributed by atoms with Gasteiger partial charge < -0.3 is 4.74 Å². The molecule has 4 nitrogen and oxygen atoms in total. The fourth-order valence-corrected chi connectivity index (χ4v) is 4.79. The van der Waals surface area contributed by atoms with Crippen molar-refractivity contribution in [3.8, 4) is 17.6 Å². The van der Waals surface area contributed by atoms with E-state index in [1.165, 1.54) is 0 Å². The first kappa shape index (κ1) is 17.5. The van der Waals surface area contributed by atoms with Gasteiger partial charge in [-0.2, -0.15) is 4.72 Å². The lowest BCUT2D eigenvalue weighted by Gasteiger charge is -2.01. The Morgan fingerprint density at radius 1 is 1.18 bits per heavy atom. The number of rotatable bonds is 5. The van der Waals surface area contributed by atoms with Gasteiger partial charge in [-0.3, -0.25) is 0 Å². The third-order valence-electron chi connectivity index (χ3n) is 2.40. The van der Waals surface area contributed by atoms with Crippen LogP contribution in [0.2, 0.25) is 0 Å². The predicted octanol–water partition coefficient (Wildman–Crippen LogP) is 3.63. The number of halogens is 2. The Morgan fingerprint density at radius 3 is 2.68 bits per heavy atom. The van der Waals surface area contributed by atoms with Crippen LogP contribution in [-0.4, -0.2) is 21.6 Å². The second kappa shape index (κ2) is 8.13. The summed E-state index contributed by atoms with van der Waals surface area (Å²) in [5, 5.41) is 0. The van der Waals surface area contributed by atoms with E-state index in [0.29, 0.717) is 5.75 Å². The molecule has 0 aliphatic heterocycles. The summed E-state index contributed by atoms with van der Waals surface area (Å²) in [6.07, 6.45) is 0. The molecule has 0 amide bonds. The Hall–Kier alpha value is -0.850. The van der Waals surface area contributed by atoms with Crippen molar-refractivity contribution < 1.29 is 13.2 Å². The molecule has 0 unspecified atom stereocenters. The van der Waals surface area contributed by atoms with Crippen LogP contribution >= 0.6 is 43.2 Å². The first-order chi connectivity index (χ1) is 10.5. The van der Waals surface area contributed by atoms with Gasteiger partial charge in [0, 0.05) is 4.47 Å². The second-order valence-corrected chi connectivity index (χ2v) is 9.36. The maximum absolute atomic E-state index is 11.9. The molecule has 1 aromatic carbocycles. The van der Waals surface area contributed by atoms with Gasteiger partial charge >= 0.3 is 0 Å². The van der Waals surface area contributed by atoms with Gasteiger partial charge in [-0.05, 0) is 46.3 Å². The summed E-state index contributed by atoms with van der Waals surface area (Å²) in [6.45, 7) is 0.239. The number of hydrogen-bond acceptors (Lipinski definition) is 4. The Bertz CT molecular complexity index is 807. The fraction of sp³-hybridized carbons (Fsp3) is 0.143. The molecule has 1 heterocycles. The van der Waals surface area contributed by atoms with Crippen LogP contribution in [0.4, 0.5) is 0 Å². The number of nitrogens with one attached hydrogen (secondary N) is 1. The van der Waals surface area contributed by atoms with Gasteiger partial charge in [0.2, 0.25) is 0 Å². The molecule has 0 radical (unpaired) electrons. The summed E-state index contributed by atoms with van der Waals surface area (Å²) in [5.74, 6) is 6.18. The van der Waals surface area contributed by atoms with E-state index in [-0.39, 0.29) is 17.4 Å². The van der Waals surface area contributed by atoms with Crippen molar-refractivity contribution in [2.75, 3.05) is 13.2 Å². The smallest absolute Gasteiger partial charge is 0.250 e. The Kier molecular flexibility index (Phi) is 6.47. The van der Waals surface area contributed by atoms with E-state index in [9.17, 15) is 8.42 Å². The molecular weight excluding hydrogens is 454 g/mol. The van der Waals surface area contributed by atoms with Gasteiger partial charge in [0.05, 0.1) is 10.3 Å². The van der Waals surface area contributed by atoms with Crippen LogP contribution < -0.4 is 9.46 Å². The van der Waals surface area contributed by atoms with Crippen molar-refractivity contribution in [1.82, 2.24) is 4.72 Å². The maximum Gasteiger partial charge on any atom is 0.250 e. The topological polar surface area (TPSA) is 55.4 Å². The third-order valence-corrected chi connectivity index (χ3v) is 6.41. The SMILES string of the molecule is O=S(=O)(NCC#CCOc1cccc(Br)c1)c1ccc(Br)s1. The normalized spacial score (nSPS) is 10.8. The number of thiophene rings is 1. The van der Waals surface area contributed by atoms with Crippen molar-refractivity contribution in [3.63, 3.8) is 0 Å². The van der Waals surface area contributed by atoms with Crippen LogP contribution in [0.25, 0.3) is 0 Å². The molecule has 0 spiro atoms. The standard InChI is InChI=1S/C14H11Br2NO3S2/c15-11-4-3-5-12(10-11)20-9-2-1-8-17-22(18,19)14-7-6-13(16)21-14/h3-7,10,17H,8-9H2. The molecule has 0 atom stereocenters. The Balaban J connectivity index is 1.80. The zero-order valence-corrected chi connectivity index (χ0v) is 16.0. The van der Waals surface area contributed by atoms with E-state index in [1.807, 2.05) is 24.3 Å². The summed E-state index contributed by atoms with van der Waals surface area (Å²) in [6, 6.07) is 10.6. The van der Waals surface area contributed by atoms with E-state index in [1.54, 1.807) is 12.1 Å². The summed E-state index contributed by atoms with van der Waals surface area (Å²) < 4.78 is 33.6. The molecule has 22 heavy (non-hydrogen) atoms. The summed E-state index contributed by atoms with van der Waals surface area (Å²) in [4.78, 5) is 0. The number of ether oxygens (including phenoxy) is 1. The molecule has 0 bridgehead atoms. The lowest BCUT2D eigenvalue weighted by atomic mass is 10.3. The highest BCUT2D eigenvalue weighted by molar-refractivity contribution is 9.11. The molecule has 1 aromatic heterocycles. The average Bonchev–Trinajstić information content (AvgIpc) is 2.90. The first-order valence-corrected chi connectivity index (χ1v) is 9.95. The lowest BCUT2D eigenvalue weighted by molar-refractivity contribution is 0.370. The molecule has 2 aromatic rings. The zero-order chi connectivity index (χ0) is 16.0. The van der Waals surface area contributed by atoms with Crippen LogP contribution in [0.1, 0.15) is 0 Å². The van der Waals surface area contributed by atoms with Gasteiger partial charge in [0.25, 0.3) is 10.0 Å². The minimum absolute atomic E-state index is 0.0414. The molecule has 0 fully saturated rings. The molecule has 0 aliphatic carbocycles. The highest BCUT2D eigenvalue weighted by Gasteiger charge is 2.14. The molecule has 2 rings (SSSR count). The zero-order valence-electron chi connectivity index (χ0n) is 11.2. The van der Waals surface area contributed by atoms with Gasteiger partial charge in [-0.25, -0.2) is 8.42 Å². The maximum atomic E-state index is 11.9. The largest absolute Gasteiger partial charge is 0.481 e. The Labute approximate surface area is 150 Å². The van der Waals surface area contributed by atoms with E-state index >= 15 is 0 Å². The van der Waals surface area contributed by atoms with Crippen LogP contribution in [0.3, 0.4) is 0 Å². The first-order valence-electron chi connectivity index (χ1n) is 6.06. The number of sulfonamides is 1. The van der Waals surface area contributed by atoms with E-state index in [4.69, 9.17) is 4.74 Å². The van der Waals surface area contributed by atoms with Crippen molar-refractivity contribution in [1.29, 1.82) is 0 Å². The molecule has 1 N–H and O–H groups in total. The monoisotopic (exact) mass is 463 g/mol.